The van der Waals surface area contributed by atoms with Crippen LogP contribution in [0.2, 0.25) is 0 Å². The van der Waals surface area contributed by atoms with Crippen molar-refractivity contribution in [2.75, 3.05) is 32.7 Å². The summed E-state index contributed by atoms with van der Waals surface area (Å²) in [6.45, 7) is 6.94. The predicted octanol–water partition coefficient (Wildman–Crippen LogP) is 1.82. The first-order valence-corrected chi connectivity index (χ1v) is 8.20. The topological polar surface area (TPSA) is 56.7 Å². The van der Waals surface area contributed by atoms with Crippen LogP contribution in [0.15, 0.2) is 24.3 Å². The molecule has 5 nitrogen and oxygen atoms in total. The van der Waals surface area contributed by atoms with E-state index in [0.29, 0.717) is 36.4 Å². The van der Waals surface area contributed by atoms with Gasteiger partial charge in [-0.2, -0.15) is 0 Å². The Labute approximate surface area is 140 Å². The maximum atomic E-state index is 13.3. The fourth-order valence-electron chi connectivity index (χ4n) is 3.13. The molecule has 1 atom stereocenters. The number of benzene rings is 1. The number of aryl methyl sites for hydroxylation is 1. The number of β-amino-alcohol motifs (C(OH)–C–C–N with tert-alkyl or cyclic N) is 1. The molecule has 0 aliphatic carbocycles. The molecule has 3 rings (SSSR count). The number of hydrogen-bond acceptors (Lipinski definition) is 4. The molecule has 1 aliphatic rings. The molecule has 2 aromatic rings. The quantitative estimate of drug-likeness (QED) is 0.932. The van der Waals surface area contributed by atoms with E-state index in [1.165, 1.54) is 12.1 Å². The van der Waals surface area contributed by atoms with Gasteiger partial charge in [-0.1, -0.05) is 0 Å². The summed E-state index contributed by atoms with van der Waals surface area (Å²) in [6.07, 6.45) is -0.362. The van der Waals surface area contributed by atoms with Crippen LogP contribution < -0.4 is 0 Å². The average Bonchev–Trinajstić information content (AvgIpc) is 2.53. The first-order chi connectivity index (χ1) is 11.4. The molecule has 0 saturated carbocycles. The van der Waals surface area contributed by atoms with E-state index >= 15 is 0 Å². The minimum Gasteiger partial charge on any atom is -0.392 e. The van der Waals surface area contributed by atoms with Crippen LogP contribution in [0, 0.1) is 12.7 Å². The maximum absolute atomic E-state index is 13.3. The standard InChI is InChI=1S/C18H22FN3O2/c1-12(23)11-21-5-7-22(8-6-21)18(24)16-9-14-3-4-15(19)10-17(14)20-13(16)2/h3-4,9-10,12,23H,5-8,11H2,1-2H3/t12-/m0/s1. The second-order valence-electron chi connectivity index (χ2n) is 6.40. The molecule has 1 aliphatic heterocycles. The molecule has 1 fully saturated rings. The second-order valence-corrected chi connectivity index (χ2v) is 6.40. The van der Waals surface area contributed by atoms with E-state index in [0.717, 1.165) is 18.5 Å². The molecular formula is C18H22FN3O2. The molecule has 1 saturated heterocycles. The van der Waals surface area contributed by atoms with Gasteiger partial charge in [-0.25, -0.2) is 4.39 Å². The van der Waals surface area contributed by atoms with Gasteiger partial charge >= 0.3 is 0 Å². The van der Waals surface area contributed by atoms with E-state index in [4.69, 9.17) is 0 Å². The number of piperazine rings is 1. The van der Waals surface area contributed by atoms with Gasteiger partial charge in [0.1, 0.15) is 5.82 Å². The largest absolute Gasteiger partial charge is 0.392 e. The number of aromatic nitrogens is 1. The summed E-state index contributed by atoms with van der Waals surface area (Å²) < 4.78 is 13.3. The molecular weight excluding hydrogens is 309 g/mol. The highest BCUT2D eigenvalue weighted by atomic mass is 19.1. The number of carbonyl (C=O) groups is 1. The van der Waals surface area contributed by atoms with Crippen molar-refractivity contribution in [3.63, 3.8) is 0 Å². The van der Waals surface area contributed by atoms with E-state index in [1.54, 1.807) is 26.0 Å². The summed E-state index contributed by atoms with van der Waals surface area (Å²) in [5.74, 6) is -0.370. The zero-order valence-corrected chi connectivity index (χ0v) is 14.0. The number of hydrogen-bond donors (Lipinski definition) is 1. The van der Waals surface area contributed by atoms with Crippen molar-refractivity contribution < 1.29 is 14.3 Å². The van der Waals surface area contributed by atoms with Crippen LogP contribution >= 0.6 is 0 Å². The lowest BCUT2D eigenvalue weighted by Gasteiger charge is -2.35. The molecule has 0 spiro atoms. The third-order valence-electron chi connectivity index (χ3n) is 4.38. The fourth-order valence-corrected chi connectivity index (χ4v) is 3.13. The van der Waals surface area contributed by atoms with Gasteiger partial charge in [0.25, 0.3) is 5.91 Å². The zero-order valence-electron chi connectivity index (χ0n) is 14.0. The molecule has 0 bridgehead atoms. The zero-order chi connectivity index (χ0) is 17.3. The Hall–Kier alpha value is -2.05. The normalized spacial score (nSPS) is 17.2. The molecule has 0 unspecified atom stereocenters. The van der Waals surface area contributed by atoms with Gasteiger partial charge in [-0.05, 0) is 32.0 Å². The summed E-state index contributed by atoms with van der Waals surface area (Å²) >= 11 is 0. The van der Waals surface area contributed by atoms with Crippen molar-refractivity contribution in [3.8, 4) is 0 Å². The molecule has 128 valence electrons. The summed E-state index contributed by atoms with van der Waals surface area (Å²) in [4.78, 5) is 21.2. The molecule has 1 amide bonds. The maximum Gasteiger partial charge on any atom is 0.255 e. The van der Waals surface area contributed by atoms with Crippen LogP contribution in [0.5, 0.6) is 0 Å². The van der Waals surface area contributed by atoms with Crippen LogP contribution in [0.4, 0.5) is 4.39 Å². The summed E-state index contributed by atoms with van der Waals surface area (Å²) in [5.41, 5.74) is 1.74. The lowest BCUT2D eigenvalue weighted by molar-refractivity contribution is 0.0553. The van der Waals surface area contributed by atoms with Crippen molar-refractivity contribution in [3.05, 3.63) is 41.3 Å². The van der Waals surface area contributed by atoms with Crippen molar-refractivity contribution in [1.29, 1.82) is 0 Å². The Bertz CT molecular complexity index is 755. The van der Waals surface area contributed by atoms with Gasteiger partial charge in [-0.15, -0.1) is 0 Å². The monoisotopic (exact) mass is 331 g/mol. The van der Waals surface area contributed by atoms with Gasteiger partial charge in [0.2, 0.25) is 0 Å². The molecule has 6 heteroatoms. The van der Waals surface area contributed by atoms with Crippen LogP contribution in [0.3, 0.4) is 0 Å². The summed E-state index contributed by atoms with van der Waals surface area (Å²) in [6, 6.07) is 6.20. The fraction of sp³-hybridized carbons (Fsp3) is 0.444. The van der Waals surface area contributed by atoms with Crippen LogP contribution in [0.1, 0.15) is 23.0 Å². The van der Waals surface area contributed by atoms with Gasteiger partial charge < -0.3 is 10.0 Å². The number of halogens is 1. The molecule has 0 radical (unpaired) electrons. The van der Waals surface area contributed by atoms with Crippen LogP contribution in [0.25, 0.3) is 10.9 Å². The van der Waals surface area contributed by atoms with Crippen LogP contribution in [-0.2, 0) is 0 Å². The van der Waals surface area contributed by atoms with Gasteiger partial charge in [0.15, 0.2) is 0 Å². The first-order valence-electron chi connectivity index (χ1n) is 8.20. The third-order valence-corrected chi connectivity index (χ3v) is 4.38. The van der Waals surface area contributed by atoms with Gasteiger partial charge in [-0.3, -0.25) is 14.7 Å². The lowest BCUT2D eigenvalue weighted by atomic mass is 10.1. The molecule has 24 heavy (non-hydrogen) atoms. The van der Waals surface area contributed by atoms with E-state index in [-0.39, 0.29) is 17.8 Å². The SMILES string of the molecule is Cc1nc2cc(F)ccc2cc1C(=O)N1CCN(C[C@H](C)O)CC1. The summed E-state index contributed by atoms with van der Waals surface area (Å²) in [7, 11) is 0. The highest BCUT2D eigenvalue weighted by Gasteiger charge is 2.24. The Morgan fingerprint density at radius 3 is 2.67 bits per heavy atom. The Balaban J connectivity index is 1.77. The van der Waals surface area contributed by atoms with Gasteiger partial charge in [0.05, 0.1) is 22.9 Å². The average molecular weight is 331 g/mol. The van der Waals surface area contributed by atoms with E-state index < -0.39 is 0 Å². The molecule has 2 heterocycles. The number of amides is 1. The Morgan fingerprint density at radius 1 is 1.29 bits per heavy atom. The third kappa shape index (κ3) is 3.55. The van der Waals surface area contributed by atoms with Gasteiger partial charge in [0, 0.05) is 44.2 Å². The van der Waals surface area contributed by atoms with Crippen molar-refractivity contribution in [1.82, 2.24) is 14.8 Å². The smallest absolute Gasteiger partial charge is 0.255 e. The highest BCUT2D eigenvalue weighted by molar-refractivity contribution is 5.98. The van der Waals surface area contributed by atoms with E-state index in [9.17, 15) is 14.3 Å². The Morgan fingerprint density at radius 2 is 2.00 bits per heavy atom. The van der Waals surface area contributed by atoms with Crippen LogP contribution in [-0.4, -0.2) is 64.6 Å². The molecule has 1 N–H and O–H groups in total. The van der Waals surface area contributed by atoms with Crippen molar-refractivity contribution in [2.24, 2.45) is 0 Å². The number of aliphatic hydroxyl groups is 1. The number of rotatable bonds is 3. The highest BCUT2D eigenvalue weighted by Crippen LogP contribution is 2.19. The summed E-state index contributed by atoms with van der Waals surface area (Å²) in [5, 5.41) is 10.2. The number of nitrogens with zero attached hydrogens (tertiary/aromatic N) is 3. The molecule has 1 aromatic heterocycles. The number of carbonyl (C=O) groups excluding carboxylic acids is 1. The van der Waals surface area contributed by atoms with Crippen molar-refractivity contribution in [2.45, 2.75) is 20.0 Å². The predicted molar refractivity (Wildman–Crippen MR) is 90.5 cm³/mol. The molecule has 1 aromatic carbocycles. The number of aliphatic hydroxyl groups excluding tert-OH is 1. The minimum absolute atomic E-state index is 0.0390. The number of fused-ring (bicyclic) bond motifs is 1. The van der Waals surface area contributed by atoms with E-state index in [2.05, 4.69) is 9.88 Å². The van der Waals surface area contributed by atoms with Crippen molar-refractivity contribution >= 4 is 16.8 Å². The minimum atomic E-state index is -0.362. The second kappa shape index (κ2) is 6.83. The Kier molecular flexibility index (Phi) is 4.78. The first kappa shape index (κ1) is 16.8. The number of pyridine rings is 1. The van der Waals surface area contributed by atoms with E-state index in [1.807, 2.05) is 4.90 Å². The lowest BCUT2D eigenvalue weighted by Crippen LogP contribution is -2.50.